The Labute approximate surface area is 105 Å². The largest absolute Gasteiger partial charge is 0.507 e. The van der Waals surface area contributed by atoms with Gasteiger partial charge in [-0.15, -0.1) is 0 Å². The van der Waals surface area contributed by atoms with E-state index in [1.807, 2.05) is 0 Å². The molecule has 3 N–H and O–H groups in total. The molecule has 2 rings (SSSR count). The highest BCUT2D eigenvalue weighted by molar-refractivity contribution is 6.10. The van der Waals surface area contributed by atoms with Crippen LogP contribution in [0.15, 0.2) is 54.6 Å². The van der Waals surface area contributed by atoms with Crippen LogP contribution in [0.4, 0.5) is 5.69 Å². The summed E-state index contributed by atoms with van der Waals surface area (Å²) in [6.07, 6.45) is 2.98. The van der Waals surface area contributed by atoms with Crippen LogP contribution in [-0.4, -0.2) is 10.9 Å². The Bertz CT molecular complexity index is 603. The molecule has 0 fully saturated rings. The Morgan fingerprint density at radius 3 is 2.44 bits per heavy atom. The van der Waals surface area contributed by atoms with Crippen LogP contribution in [0.25, 0.3) is 6.08 Å². The van der Waals surface area contributed by atoms with Crippen molar-refractivity contribution in [2.75, 3.05) is 5.73 Å². The molecule has 0 bridgehead atoms. The highest BCUT2D eigenvalue weighted by Gasteiger charge is 2.05. The molecule has 0 aliphatic heterocycles. The molecule has 0 aliphatic carbocycles. The van der Waals surface area contributed by atoms with E-state index in [-0.39, 0.29) is 11.5 Å². The van der Waals surface area contributed by atoms with E-state index in [1.165, 1.54) is 6.08 Å². The van der Waals surface area contributed by atoms with E-state index in [0.717, 1.165) is 0 Å². The average molecular weight is 239 g/mol. The third kappa shape index (κ3) is 2.58. The molecule has 0 spiro atoms. The van der Waals surface area contributed by atoms with Crippen molar-refractivity contribution in [3.05, 3.63) is 65.7 Å². The second-order valence-electron chi connectivity index (χ2n) is 3.84. The van der Waals surface area contributed by atoms with Crippen LogP contribution in [0.3, 0.4) is 0 Å². The number of hydrogen-bond acceptors (Lipinski definition) is 3. The van der Waals surface area contributed by atoms with Gasteiger partial charge in [0.15, 0.2) is 5.78 Å². The van der Waals surface area contributed by atoms with Gasteiger partial charge in [0.25, 0.3) is 0 Å². The molecule has 0 atom stereocenters. The van der Waals surface area contributed by atoms with Crippen molar-refractivity contribution in [3.63, 3.8) is 0 Å². The predicted octanol–water partition coefficient (Wildman–Crippen LogP) is 2.87. The molecule has 3 heteroatoms. The van der Waals surface area contributed by atoms with Gasteiger partial charge in [-0.3, -0.25) is 4.79 Å². The Morgan fingerprint density at radius 2 is 1.72 bits per heavy atom. The second-order valence-corrected chi connectivity index (χ2v) is 3.84. The minimum atomic E-state index is -0.184. The summed E-state index contributed by atoms with van der Waals surface area (Å²) < 4.78 is 0. The first-order valence-electron chi connectivity index (χ1n) is 5.53. The fourth-order valence-corrected chi connectivity index (χ4v) is 1.61. The Balaban J connectivity index is 2.23. The fourth-order valence-electron chi connectivity index (χ4n) is 1.61. The van der Waals surface area contributed by atoms with E-state index in [1.54, 1.807) is 54.6 Å². The third-order valence-electron chi connectivity index (χ3n) is 2.58. The standard InChI is InChI=1S/C15H13NO2/c16-13-7-3-2-6-12(13)15(18)10-9-11-5-1-4-8-14(11)17/h1-10,17H,16H2/b10-9+. The number of rotatable bonds is 3. The Hall–Kier alpha value is -2.55. The molecular formula is C15H13NO2. The van der Waals surface area contributed by atoms with Crippen molar-refractivity contribution in [3.8, 4) is 5.75 Å². The number of ketones is 1. The molecule has 3 nitrogen and oxygen atoms in total. The van der Waals surface area contributed by atoms with E-state index in [0.29, 0.717) is 16.8 Å². The molecule has 0 amide bonds. The van der Waals surface area contributed by atoms with Crippen molar-refractivity contribution in [1.82, 2.24) is 0 Å². The summed E-state index contributed by atoms with van der Waals surface area (Å²) in [4.78, 5) is 11.9. The lowest BCUT2D eigenvalue weighted by molar-refractivity contribution is 0.104. The molecule has 2 aromatic carbocycles. The van der Waals surface area contributed by atoms with Crippen LogP contribution in [-0.2, 0) is 0 Å². The van der Waals surface area contributed by atoms with Gasteiger partial charge >= 0.3 is 0 Å². The first kappa shape index (κ1) is 11.9. The lowest BCUT2D eigenvalue weighted by Crippen LogP contribution is -1.99. The van der Waals surface area contributed by atoms with Gasteiger partial charge in [0.1, 0.15) is 5.75 Å². The fraction of sp³-hybridized carbons (Fsp3) is 0. The first-order valence-corrected chi connectivity index (χ1v) is 5.53. The van der Waals surface area contributed by atoms with Gasteiger partial charge in [-0.05, 0) is 30.4 Å². The molecule has 0 aliphatic rings. The maximum atomic E-state index is 11.9. The van der Waals surface area contributed by atoms with E-state index in [4.69, 9.17) is 5.73 Å². The number of phenolic OH excluding ortho intramolecular Hbond substituents is 1. The maximum absolute atomic E-state index is 11.9. The summed E-state index contributed by atoms with van der Waals surface area (Å²) in [7, 11) is 0. The van der Waals surface area contributed by atoms with Crippen molar-refractivity contribution in [1.29, 1.82) is 0 Å². The predicted molar refractivity (Wildman–Crippen MR) is 72.3 cm³/mol. The van der Waals surface area contributed by atoms with Gasteiger partial charge < -0.3 is 10.8 Å². The number of carbonyl (C=O) groups excluding carboxylic acids is 1. The van der Waals surface area contributed by atoms with Gasteiger partial charge in [-0.25, -0.2) is 0 Å². The molecule has 0 heterocycles. The summed E-state index contributed by atoms with van der Waals surface area (Å²) in [6.45, 7) is 0. The third-order valence-corrected chi connectivity index (χ3v) is 2.58. The highest BCUT2D eigenvalue weighted by atomic mass is 16.3. The van der Waals surface area contributed by atoms with Gasteiger partial charge in [-0.2, -0.15) is 0 Å². The number of anilines is 1. The van der Waals surface area contributed by atoms with Crippen LogP contribution < -0.4 is 5.73 Å². The summed E-state index contributed by atoms with van der Waals surface area (Å²) in [6, 6.07) is 13.7. The number of hydrogen-bond donors (Lipinski definition) is 2. The van der Waals surface area contributed by atoms with Crippen LogP contribution in [0.5, 0.6) is 5.75 Å². The number of phenols is 1. The van der Waals surface area contributed by atoms with Crippen LogP contribution in [0, 0.1) is 0 Å². The normalized spacial score (nSPS) is 10.7. The zero-order valence-electron chi connectivity index (χ0n) is 9.71. The summed E-state index contributed by atoms with van der Waals surface area (Å²) in [5.41, 5.74) is 7.22. The minimum absolute atomic E-state index is 0.141. The van der Waals surface area contributed by atoms with Crippen LogP contribution >= 0.6 is 0 Å². The Kier molecular flexibility index (Phi) is 3.44. The smallest absolute Gasteiger partial charge is 0.187 e. The van der Waals surface area contributed by atoms with Crippen molar-refractivity contribution in [2.45, 2.75) is 0 Å². The van der Waals surface area contributed by atoms with Crippen molar-refractivity contribution in [2.24, 2.45) is 0 Å². The number of nitrogen functional groups attached to an aromatic ring is 1. The van der Waals surface area contributed by atoms with Gasteiger partial charge in [0.2, 0.25) is 0 Å². The number of benzene rings is 2. The number of nitrogens with two attached hydrogens (primary N) is 1. The number of allylic oxidation sites excluding steroid dienone is 1. The van der Waals surface area contributed by atoms with E-state index in [9.17, 15) is 9.90 Å². The van der Waals surface area contributed by atoms with E-state index < -0.39 is 0 Å². The van der Waals surface area contributed by atoms with Crippen molar-refractivity contribution >= 4 is 17.5 Å². The number of carbonyl (C=O) groups is 1. The van der Waals surface area contributed by atoms with E-state index >= 15 is 0 Å². The quantitative estimate of drug-likeness (QED) is 0.492. The van der Waals surface area contributed by atoms with Gasteiger partial charge in [0, 0.05) is 16.8 Å². The highest BCUT2D eigenvalue weighted by Crippen LogP contribution is 2.18. The SMILES string of the molecule is Nc1ccccc1C(=O)/C=C/c1ccccc1O. The summed E-state index contributed by atoms with van der Waals surface area (Å²) in [5, 5.41) is 9.56. The average Bonchev–Trinajstić information content (AvgIpc) is 2.38. The number of para-hydroxylation sites is 2. The second kappa shape index (κ2) is 5.19. The topological polar surface area (TPSA) is 63.3 Å². The molecule has 18 heavy (non-hydrogen) atoms. The molecule has 0 radical (unpaired) electrons. The lowest BCUT2D eigenvalue weighted by atomic mass is 10.1. The molecule has 2 aromatic rings. The molecule has 0 aromatic heterocycles. The van der Waals surface area contributed by atoms with Crippen LogP contribution in [0.2, 0.25) is 0 Å². The summed E-state index contributed by atoms with van der Waals surface area (Å²) >= 11 is 0. The molecule has 0 unspecified atom stereocenters. The first-order chi connectivity index (χ1) is 8.68. The maximum Gasteiger partial charge on any atom is 0.187 e. The van der Waals surface area contributed by atoms with E-state index in [2.05, 4.69) is 0 Å². The molecule has 90 valence electrons. The van der Waals surface area contributed by atoms with Gasteiger partial charge in [0.05, 0.1) is 0 Å². The Morgan fingerprint density at radius 1 is 1.06 bits per heavy atom. The number of aromatic hydroxyl groups is 1. The monoisotopic (exact) mass is 239 g/mol. The van der Waals surface area contributed by atoms with Gasteiger partial charge in [-0.1, -0.05) is 30.3 Å². The van der Waals surface area contributed by atoms with Crippen LogP contribution in [0.1, 0.15) is 15.9 Å². The zero-order valence-corrected chi connectivity index (χ0v) is 9.71. The van der Waals surface area contributed by atoms with Crippen molar-refractivity contribution < 1.29 is 9.90 Å². The molecular weight excluding hydrogens is 226 g/mol. The summed E-state index contributed by atoms with van der Waals surface area (Å²) in [5.74, 6) is -0.0427. The minimum Gasteiger partial charge on any atom is -0.507 e. The molecule has 0 saturated carbocycles. The lowest BCUT2D eigenvalue weighted by Gasteiger charge is -2.00. The zero-order chi connectivity index (χ0) is 13.0. The molecule has 0 saturated heterocycles.